The number of rotatable bonds is 7. The summed E-state index contributed by atoms with van der Waals surface area (Å²) in [5, 5.41) is 0. The number of benzene rings is 2. The minimum absolute atomic E-state index is 0.875. The summed E-state index contributed by atoms with van der Waals surface area (Å²) < 4.78 is 3.44. The second-order valence-electron chi connectivity index (χ2n) is 4.97. The Hall–Kier alpha value is -1.51. The fourth-order valence-electron chi connectivity index (χ4n) is 1.95. The Kier molecular flexibility index (Phi) is 5.90. The SMILES string of the molecule is C=C(C)CCc1ccccc1SNCc1ccccc1. The average molecular weight is 283 g/mol. The van der Waals surface area contributed by atoms with Gasteiger partial charge in [-0.05, 0) is 48.9 Å². The maximum Gasteiger partial charge on any atom is 0.0313 e. The third-order valence-electron chi connectivity index (χ3n) is 3.09. The zero-order valence-corrected chi connectivity index (χ0v) is 12.7. The van der Waals surface area contributed by atoms with E-state index >= 15 is 0 Å². The first-order valence-electron chi connectivity index (χ1n) is 6.91. The van der Waals surface area contributed by atoms with Crippen LogP contribution in [0.2, 0.25) is 0 Å². The zero-order valence-electron chi connectivity index (χ0n) is 11.9. The summed E-state index contributed by atoms with van der Waals surface area (Å²) in [6, 6.07) is 19.0. The van der Waals surface area contributed by atoms with Gasteiger partial charge in [0.05, 0.1) is 0 Å². The molecule has 2 aromatic rings. The van der Waals surface area contributed by atoms with Crippen LogP contribution in [0.25, 0.3) is 0 Å². The van der Waals surface area contributed by atoms with Crippen LogP contribution in [0.1, 0.15) is 24.5 Å². The molecule has 0 aliphatic carbocycles. The highest BCUT2D eigenvalue weighted by molar-refractivity contribution is 7.97. The lowest BCUT2D eigenvalue weighted by Crippen LogP contribution is -2.03. The van der Waals surface area contributed by atoms with Gasteiger partial charge in [-0.1, -0.05) is 54.1 Å². The van der Waals surface area contributed by atoms with Crippen LogP contribution in [0.3, 0.4) is 0 Å². The van der Waals surface area contributed by atoms with E-state index < -0.39 is 0 Å². The van der Waals surface area contributed by atoms with Crippen LogP contribution in [-0.2, 0) is 13.0 Å². The van der Waals surface area contributed by atoms with Crippen molar-refractivity contribution in [2.24, 2.45) is 0 Å². The first-order chi connectivity index (χ1) is 9.75. The molecule has 0 bridgehead atoms. The first kappa shape index (κ1) is 14.9. The fourth-order valence-corrected chi connectivity index (χ4v) is 2.79. The molecule has 1 nitrogen and oxygen atoms in total. The predicted octanol–water partition coefficient (Wildman–Crippen LogP) is 4.99. The lowest BCUT2D eigenvalue weighted by atomic mass is 10.1. The van der Waals surface area contributed by atoms with E-state index in [-0.39, 0.29) is 0 Å². The first-order valence-corrected chi connectivity index (χ1v) is 7.73. The molecule has 0 saturated carbocycles. The monoisotopic (exact) mass is 283 g/mol. The highest BCUT2D eigenvalue weighted by Crippen LogP contribution is 2.22. The Morgan fingerprint density at radius 1 is 1.05 bits per heavy atom. The van der Waals surface area contributed by atoms with Gasteiger partial charge in [0.1, 0.15) is 0 Å². The molecule has 1 N–H and O–H groups in total. The van der Waals surface area contributed by atoms with E-state index in [2.05, 4.69) is 66.8 Å². The van der Waals surface area contributed by atoms with Gasteiger partial charge in [-0.15, -0.1) is 6.58 Å². The average Bonchev–Trinajstić information content (AvgIpc) is 2.47. The van der Waals surface area contributed by atoms with Crippen LogP contribution in [0.15, 0.2) is 71.6 Å². The number of aryl methyl sites for hydroxylation is 1. The van der Waals surface area contributed by atoms with Crippen LogP contribution >= 0.6 is 11.9 Å². The minimum atomic E-state index is 0.875. The van der Waals surface area contributed by atoms with Gasteiger partial charge in [-0.3, -0.25) is 4.72 Å². The molecule has 104 valence electrons. The Bertz CT molecular complexity index is 548. The van der Waals surface area contributed by atoms with Gasteiger partial charge in [0.15, 0.2) is 0 Å². The van der Waals surface area contributed by atoms with E-state index in [0.29, 0.717) is 0 Å². The fraction of sp³-hybridized carbons (Fsp3) is 0.222. The van der Waals surface area contributed by atoms with Gasteiger partial charge < -0.3 is 0 Å². The zero-order chi connectivity index (χ0) is 14.2. The van der Waals surface area contributed by atoms with Crippen LogP contribution in [-0.4, -0.2) is 0 Å². The lowest BCUT2D eigenvalue weighted by Gasteiger charge is -2.10. The molecule has 0 radical (unpaired) electrons. The maximum absolute atomic E-state index is 3.98. The summed E-state index contributed by atoms with van der Waals surface area (Å²) in [5.74, 6) is 0. The van der Waals surface area contributed by atoms with Crippen molar-refractivity contribution in [2.75, 3.05) is 0 Å². The Labute approximate surface area is 126 Å². The Morgan fingerprint density at radius 2 is 1.75 bits per heavy atom. The van der Waals surface area contributed by atoms with Gasteiger partial charge in [0, 0.05) is 11.4 Å². The molecule has 0 aliphatic heterocycles. The highest BCUT2D eigenvalue weighted by atomic mass is 32.2. The molecule has 20 heavy (non-hydrogen) atoms. The Morgan fingerprint density at radius 3 is 2.50 bits per heavy atom. The van der Waals surface area contributed by atoms with E-state index in [0.717, 1.165) is 19.4 Å². The van der Waals surface area contributed by atoms with E-state index in [1.54, 1.807) is 11.9 Å². The quantitative estimate of drug-likeness (QED) is 0.567. The van der Waals surface area contributed by atoms with Crippen LogP contribution in [0, 0.1) is 0 Å². The van der Waals surface area contributed by atoms with E-state index in [1.807, 2.05) is 6.07 Å². The second-order valence-corrected chi connectivity index (χ2v) is 5.91. The third kappa shape index (κ3) is 4.87. The Balaban J connectivity index is 1.90. The summed E-state index contributed by atoms with van der Waals surface area (Å²) in [6.07, 6.45) is 2.11. The van der Waals surface area contributed by atoms with Crippen LogP contribution in [0.5, 0.6) is 0 Å². The van der Waals surface area contributed by atoms with Gasteiger partial charge in [0.2, 0.25) is 0 Å². The van der Waals surface area contributed by atoms with Crippen molar-refractivity contribution in [2.45, 2.75) is 31.2 Å². The molecule has 0 saturated heterocycles. The molecule has 0 amide bonds. The molecule has 2 aromatic carbocycles. The highest BCUT2D eigenvalue weighted by Gasteiger charge is 2.02. The predicted molar refractivity (Wildman–Crippen MR) is 88.7 cm³/mol. The molecule has 0 aliphatic rings. The maximum atomic E-state index is 3.98. The van der Waals surface area contributed by atoms with Gasteiger partial charge in [-0.25, -0.2) is 0 Å². The topological polar surface area (TPSA) is 12.0 Å². The van der Waals surface area contributed by atoms with Crippen molar-refractivity contribution in [3.63, 3.8) is 0 Å². The van der Waals surface area contributed by atoms with Crippen molar-refractivity contribution in [3.05, 3.63) is 77.9 Å². The molecule has 0 aromatic heterocycles. The summed E-state index contributed by atoms with van der Waals surface area (Å²) in [7, 11) is 0. The largest absolute Gasteiger partial charge is 0.255 e. The molecule has 0 spiro atoms. The van der Waals surface area contributed by atoms with Crippen LogP contribution in [0.4, 0.5) is 0 Å². The molecule has 0 heterocycles. The lowest BCUT2D eigenvalue weighted by molar-refractivity contribution is 0.917. The van der Waals surface area contributed by atoms with Crippen molar-refractivity contribution >= 4 is 11.9 Å². The summed E-state index contributed by atoms with van der Waals surface area (Å²) >= 11 is 1.71. The van der Waals surface area contributed by atoms with Crippen molar-refractivity contribution < 1.29 is 0 Å². The minimum Gasteiger partial charge on any atom is -0.255 e. The normalized spacial score (nSPS) is 10.4. The molecule has 0 unspecified atom stereocenters. The number of hydrogen-bond acceptors (Lipinski definition) is 2. The number of nitrogens with one attached hydrogen (secondary N) is 1. The van der Waals surface area contributed by atoms with E-state index in [4.69, 9.17) is 0 Å². The van der Waals surface area contributed by atoms with Gasteiger partial charge >= 0.3 is 0 Å². The van der Waals surface area contributed by atoms with Crippen molar-refractivity contribution in [1.82, 2.24) is 4.72 Å². The smallest absolute Gasteiger partial charge is 0.0313 e. The van der Waals surface area contributed by atoms with E-state index in [9.17, 15) is 0 Å². The molecular formula is C18H21NS. The summed E-state index contributed by atoms with van der Waals surface area (Å²) in [6.45, 7) is 6.94. The second kappa shape index (κ2) is 7.93. The standard InChI is InChI=1S/C18H21NS/c1-15(2)12-13-17-10-6-7-11-18(17)20-19-14-16-8-4-3-5-9-16/h3-11,19H,1,12-14H2,2H3. The van der Waals surface area contributed by atoms with E-state index in [1.165, 1.54) is 21.6 Å². The third-order valence-corrected chi connectivity index (χ3v) is 4.00. The van der Waals surface area contributed by atoms with Gasteiger partial charge in [0.25, 0.3) is 0 Å². The number of allylic oxidation sites excluding steroid dienone is 1. The molecule has 0 fully saturated rings. The number of hydrogen-bond donors (Lipinski definition) is 1. The molecule has 2 rings (SSSR count). The molecular weight excluding hydrogens is 262 g/mol. The van der Waals surface area contributed by atoms with Crippen molar-refractivity contribution in [3.8, 4) is 0 Å². The van der Waals surface area contributed by atoms with Crippen LogP contribution < -0.4 is 4.72 Å². The summed E-state index contributed by atoms with van der Waals surface area (Å²) in [4.78, 5) is 1.31. The van der Waals surface area contributed by atoms with Gasteiger partial charge in [-0.2, -0.15) is 0 Å². The van der Waals surface area contributed by atoms with Crippen molar-refractivity contribution in [1.29, 1.82) is 0 Å². The summed E-state index contributed by atoms with van der Waals surface area (Å²) in [5.41, 5.74) is 3.93. The molecule has 0 atom stereocenters. The molecule has 2 heteroatoms.